The van der Waals surface area contributed by atoms with Crippen LogP contribution in [0.2, 0.25) is 10.0 Å². The first-order valence-electron chi connectivity index (χ1n) is 5.04. The molecule has 0 aliphatic carbocycles. The van der Waals surface area contributed by atoms with Crippen LogP contribution in [0.3, 0.4) is 0 Å². The van der Waals surface area contributed by atoms with Crippen molar-refractivity contribution in [2.75, 3.05) is 5.88 Å². The van der Waals surface area contributed by atoms with E-state index < -0.39 is 0 Å². The van der Waals surface area contributed by atoms with Crippen LogP contribution in [0, 0.1) is 0 Å². The van der Waals surface area contributed by atoms with Gasteiger partial charge in [-0.05, 0) is 24.6 Å². The number of benzene rings is 1. The maximum Gasteiger partial charge on any atom is 0.147 e. The van der Waals surface area contributed by atoms with Gasteiger partial charge in [-0.2, -0.15) is 0 Å². The van der Waals surface area contributed by atoms with E-state index in [2.05, 4.69) is 10.2 Å². The first-order chi connectivity index (χ1) is 8.19. The van der Waals surface area contributed by atoms with Crippen LogP contribution in [0.4, 0.5) is 0 Å². The Labute approximate surface area is 119 Å². The van der Waals surface area contributed by atoms with Gasteiger partial charge in [-0.1, -0.05) is 34.5 Å². The van der Waals surface area contributed by atoms with Gasteiger partial charge in [0, 0.05) is 27.9 Å². The summed E-state index contributed by atoms with van der Waals surface area (Å²) in [5, 5.41) is 11.3. The lowest BCUT2D eigenvalue weighted by molar-refractivity contribution is 0.884. The predicted molar refractivity (Wildman–Crippen MR) is 74.4 cm³/mol. The van der Waals surface area contributed by atoms with Crippen molar-refractivity contribution in [3.05, 3.63) is 33.3 Å². The molecule has 2 aromatic rings. The summed E-state index contributed by atoms with van der Waals surface area (Å²) in [5.41, 5.74) is 0.900. The van der Waals surface area contributed by atoms with E-state index in [4.69, 9.17) is 34.8 Å². The van der Waals surface area contributed by atoms with Crippen LogP contribution in [-0.4, -0.2) is 16.1 Å². The zero-order valence-corrected chi connectivity index (χ0v) is 11.9. The molecule has 1 aromatic heterocycles. The molecular weight excluding hydrogens is 299 g/mol. The Hall–Kier alpha value is -0.350. The topological polar surface area (TPSA) is 25.8 Å². The number of rotatable bonds is 4. The quantitative estimate of drug-likeness (QED) is 0.766. The van der Waals surface area contributed by atoms with E-state index in [1.807, 2.05) is 12.1 Å². The van der Waals surface area contributed by atoms with E-state index in [0.29, 0.717) is 15.9 Å². The first-order valence-corrected chi connectivity index (χ1v) is 7.14. The molecule has 0 fully saturated rings. The van der Waals surface area contributed by atoms with Gasteiger partial charge in [-0.25, -0.2) is 0 Å². The Balaban J connectivity index is 2.24. The van der Waals surface area contributed by atoms with Gasteiger partial charge in [-0.3, -0.25) is 0 Å². The lowest BCUT2D eigenvalue weighted by Crippen LogP contribution is -1.84. The Morgan fingerprint density at radius 1 is 1.06 bits per heavy atom. The molecule has 0 saturated heterocycles. The van der Waals surface area contributed by atoms with Crippen molar-refractivity contribution in [2.45, 2.75) is 12.8 Å². The Bertz CT molecular complexity index is 493. The summed E-state index contributed by atoms with van der Waals surface area (Å²) in [7, 11) is 0. The van der Waals surface area contributed by atoms with Crippen molar-refractivity contribution >= 4 is 46.1 Å². The molecule has 0 aliphatic heterocycles. The van der Waals surface area contributed by atoms with Gasteiger partial charge >= 0.3 is 0 Å². The molecule has 0 spiro atoms. The molecule has 90 valence electrons. The van der Waals surface area contributed by atoms with E-state index in [9.17, 15) is 0 Å². The Morgan fingerprint density at radius 2 is 1.76 bits per heavy atom. The summed E-state index contributed by atoms with van der Waals surface area (Å²) < 4.78 is 0. The van der Waals surface area contributed by atoms with Crippen LogP contribution >= 0.6 is 46.1 Å². The maximum atomic E-state index is 5.94. The first kappa shape index (κ1) is 13.1. The number of hydrogen-bond donors (Lipinski definition) is 0. The van der Waals surface area contributed by atoms with Crippen molar-refractivity contribution in [1.29, 1.82) is 0 Å². The fraction of sp³-hybridized carbons (Fsp3) is 0.273. The molecule has 0 atom stereocenters. The molecule has 0 saturated carbocycles. The molecular formula is C11H9Cl3N2S. The van der Waals surface area contributed by atoms with Gasteiger partial charge in [-0.15, -0.1) is 21.8 Å². The SMILES string of the molecule is ClCCCc1nnc(-c2cc(Cl)cc(Cl)c2)s1. The molecule has 0 amide bonds. The van der Waals surface area contributed by atoms with Crippen LogP contribution in [-0.2, 0) is 6.42 Å². The van der Waals surface area contributed by atoms with Crippen molar-refractivity contribution in [1.82, 2.24) is 10.2 Å². The van der Waals surface area contributed by atoms with Gasteiger partial charge in [0.1, 0.15) is 10.0 Å². The maximum absolute atomic E-state index is 5.94. The number of alkyl halides is 1. The third-order valence-electron chi connectivity index (χ3n) is 2.10. The lowest BCUT2D eigenvalue weighted by Gasteiger charge is -1.97. The lowest BCUT2D eigenvalue weighted by atomic mass is 10.2. The monoisotopic (exact) mass is 306 g/mol. The van der Waals surface area contributed by atoms with E-state index in [0.717, 1.165) is 28.4 Å². The molecule has 2 nitrogen and oxygen atoms in total. The highest BCUT2D eigenvalue weighted by molar-refractivity contribution is 7.14. The minimum Gasteiger partial charge on any atom is -0.143 e. The standard InChI is InChI=1S/C11H9Cl3N2S/c12-3-1-2-10-15-16-11(17-10)7-4-8(13)6-9(14)5-7/h4-6H,1-3H2. The fourth-order valence-electron chi connectivity index (χ4n) is 1.37. The van der Waals surface area contributed by atoms with Crippen LogP contribution < -0.4 is 0 Å². The van der Waals surface area contributed by atoms with Crippen LogP contribution in [0.25, 0.3) is 10.6 Å². The largest absolute Gasteiger partial charge is 0.147 e. The third kappa shape index (κ3) is 3.55. The normalized spacial score (nSPS) is 10.8. The molecule has 0 aliphatic rings. The average molecular weight is 308 g/mol. The zero-order chi connectivity index (χ0) is 12.3. The molecule has 0 N–H and O–H groups in total. The second-order valence-electron chi connectivity index (χ2n) is 3.45. The number of aryl methyl sites for hydroxylation is 1. The second-order valence-corrected chi connectivity index (χ2v) is 5.76. The highest BCUT2D eigenvalue weighted by atomic mass is 35.5. The molecule has 0 radical (unpaired) electrons. The van der Waals surface area contributed by atoms with Crippen molar-refractivity contribution < 1.29 is 0 Å². The second kappa shape index (κ2) is 6.01. The van der Waals surface area contributed by atoms with E-state index in [1.165, 1.54) is 0 Å². The van der Waals surface area contributed by atoms with Crippen LogP contribution in [0.1, 0.15) is 11.4 Å². The Kier molecular flexibility index (Phi) is 4.62. The number of halogens is 3. The van der Waals surface area contributed by atoms with Gasteiger partial charge in [0.15, 0.2) is 0 Å². The summed E-state index contributed by atoms with van der Waals surface area (Å²) in [6.07, 6.45) is 1.77. The molecule has 2 rings (SSSR count). The predicted octanol–water partition coefficient (Wildman–Crippen LogP) is 4.68. The number of hydrogen-bond acceptors (Lipinski definition) is 3. The molecule has 1 aromatic carbocycles. The summed E-state index contributed by atoms with van der Waals surface area (Å²) >= 11 is 19.1. The van der Waals surface area contributed by atoms with Gasteiger partial charge in [0.05, 0.1) is 0 Å². The van der Waals surface area contributed by atoms with Crippen LogP contribution in [0.5, 0.6) is 0 Å². The van der Waals surface area contributed by atoms with E-state index in [-0.39, 0.29) is 0 Å². The summed E-state index contributed by atoms with van der Waals surface area (Å²) in [5.74, 6) is 0.637. The number of aromatic nitrogens is 2. The van der Waals surface area contributed by atoms with Gasteiger partial charge < -0.3 is 0 Å². The summed E-state index contributed by atoms with van der Waals surface area (Å²) in [6.45, 7) is 0. The number of nitrogens with zero attached hydrogens (tertiary/aromatic N) is 2. The smallest absolute Gasteiger partial charge is 0.143 e. The molecule has 0 bridgehead atoms. The average Bonchev–Trinajstić information content (AvgIpc) is 2.73. The van der Waals surface area contributed by atoms with Gasteiger partial charge in [0.2, 0.25) is 0 Å². The van der Waals surface area contributed by atoms with Gasteiger partial charge in [0.25, 0.3) is 0 Å². The highest BCUT2D eigenvalue weighted by Crippen LogP contribution is 2.29. The Morgan fingerprint density at radius 3 is 2.41 bits per heavy atom. The van der Waals surface area contributed by atoms with Crippen molar-refractivity contribution in [3.8, 4) is 10.6 Å². The van der Waals surface area contributed by atoms with Crippen LogP contribution in [0.15, 0.2) is 18.2 Å². The zero-order valence-electron chi connectivity index (χ0n) is 8.79. The minimum absolute atomic E-state index is 0.602. The van der Waals surface area contributed by atoms with E-state index >= 15 is 0 Å². The minimum atomic E-state index is 0.602. The fourth-order valence-corrected chi connectivity index (χ4v) is 2.89. The molecule has 17 heavy (non-hydrogen) atoms. The van der Waals surface area contributed by atoms with E-state index in [1.54, 1.807) is 17.4 Å². The molecule has 6 heteroatoms. The van der Waals surface area contributed by atoms with Crippen molar-refractivity contribution in [3.63, 3.8) is 0 Å². The molecule has 0 unspecified atom stereocenters. The molecule has 1 heterocycles. The summed E-state index contributed by atoms with van der Waals surface area (Å²) in [4.78, 5) is 0. The van der Waals surface area contributed by atoms with Crippen molar-refractivity contribution in [2.24, 2.45) is 0 Å². The highest BCUT2D eigenvalue weighted by Gasteiger charge is 2.08. The summed E-state index contributed by atoms with van der Waals surface area (Å²) in [6, 6.07) is 5.36. The third-order valence-corrected chi connectivity index (χ3v) is 3.84.